The molecule has 0 aliphatic heterocycles. The number of carbonyl (C=O) groups excluding carboxylic acids is 1. The van der Waals surface area contributed by atoms with Gasteiger partial charge in [0.05, 0.1) is 4.88 Å². The molecule has 1 aromatic heterocycles. The largest absolute Gasteiger partial charge is 0.508 e. The highest BCUT2D eigenvalue weighted by Gasteiger charge is 2.13. The van der Waals surface area contributed by atoms with Gasteiger partial charge in [0.1, 0.15) is 11.6 Å². The fraction of sp³-hybridized carbons (Fsp3) is 0.0588. The second kappa shape index (κ2) is 6.07. The van der Waals surface area contributed by atoms with Crippen molar-refractivity contribution in [3.8, 4) is 16.2 Å². The van der Waals surface area contributed by atoms with Gasteiger partial charge in [-0.15, -0.1) is 11.3 Å². The smallest absolute Gasteiger partial charge is 0.195 e. The van der Waals surface area contributed by atoms with E-state index in [2.05, 4.69) is 4.98 Å². The minimum absolute atomic E-state index is 0.0957. The number of thiazole rings is 1. The average Bonchev–Trinajstić information content (AvgIpc) is 3.00. The van der Waals surface area contributed by atoms with Crippen molar-refractivity contribution in [1.82, 2.24) is 4.98 Å². The van der Waals surface area contributed by atoms with Crippen LogP contribution in [-0.4, -0.2) is 15.9 Å². The summed E-state index contributed by atoms with van der Waals surface area (Å²) in [5, 5.41) is 9.71. The van der Waals surface area contributed by atoms with Crippen LogP contribution in [0, 0.1) is 5.82 Å². The lowest BCUT2D eigenvalue weighted by atomic mass is 10.1. The van der Waals surface area contributed by atoms with Crippen LogP contribution in [0.1, 0.15) is 15.4 Å². The van der Waals surface area contributed by atoms with E-state index in [1.807, 2.05) is 0 Å². The first-order chi connectivity index (χ1) is 10.6. The minimum atomic E-state index is -0.319. The van der Waals surface area contributed by atoms with Gasteiger partial charge in [-0.2, -0.15) is 0 Å². The molecule has 0 spiro atoms. The molecular formula is C17H12FNO2S. The molecular weight excluding hydrogens is 301 g/mol. The van der Waals surface area contributed by atoms with Crippen LogP contribution in [0.4, 0.5) is 4.39 Å². The van der Waals surface area contributed by atoms with Crippen LogP contribution in [0.15, 0.2) is 54.7 Å². The Morgan fingerprint density at radius 3 is 2.45 bits per heavy atom. The third kappa shape index (κ3) is 3.20. The number of hydrogen-bond acceptors (Lipinski definition) is 4. The molecule has 3 aromatic rings. The van der Waals surface area contributed by atoms with E-state index in [1.54, 1.807) is 42.6 Å². The average molecular weight is 313 g/mol. The Bertz CT molecular complexity index is 794. The standard InChI is InChI=1S/C17H12FNO2S/c18-13-5-1-11(2-6-13)9-15(21)17-19-10-16(22-17)12-3-7-14(20)8-4-12/h1-8,10,20H,9H2. The van der Waals surface area contributed by atoms with E-state index in [-0.39, 0.29) is 23.8 Å². The SMILES string of the molecule is O=C(Cc1ccc(F)cc1)c1ncc(-c2ccc(O)cc2)s1. The lowest BCUT2D eigenvalue weighted by Gasteiger charge is -1.98. The van der Waals surface area contributed by atoms with Gasteiger partial charge < -0.3 is 5.11 Å². The lowest BCUT2D eigenvalue weighted by Crippen LogP contribution is -2.02. The van der Waals surface area contributed by atoms with Gasteiger partial charge >= 0.3 is 0 Å². The molecule has 0 aliphatic rings. The van der Waals surface area contributed by atoms with Gasteiger partial charge in [-0.1, -0.05) is 12.1 Å². The molecule has 1 heterocycles. The normalized spacial score (nSPS) is 10.6. The molecule has 2 aromatic carbocycles. The number of rotatable bonds is 4. The number of carbonyl (C=O) groups is 1. The van der Waals surface area contributed by atoms with Crippen LogP contribution in [0.3, 0.4) is 0 Å². The molecule has 22 heavy (non-hydrogen) atoms. The van der Waals surface area contributed by atoms with Gasteiger partial charge in [-0.05, 0) is 47.5 Å². The third-order valence-corrected chi connectivity index (χ3v) is 4.26. The topological polar surface area (TPSA) is 50.2 Å². The molecule has 0 aliphatic carbocycles. The second-order valence-electron chi connectivity index (χ2n) is 4.80. The number of aromatic nitrogens is 1. The van der Waals surface area contributed by atoms with Gasteiger partial charge in [0, 0.05) is 12.6 Å². The van der Waals surface area contributed by atoms with E-state index >= 15 is 0 Å². The zero-order valence-corrected chi connectivity index (χ0v) is 12.3. The summed E-state index contributed by atoms with van der Waals surface area (Å²) in [5.74, 6) is -0.220. The zero-order chi connectivity index (χ0) is 15.5. The molecule has 5 heteroatoms. The summed E-state index contributed by atoms with van der Waals surface area (Å²) in [6, 6.07) is 12.6. The molecule has 0 saturated carbocycles. The molecule has 3 rings (SSSR count). The molecule has 0 unspecified atom stereocenters. The molecule has 0 amide bonds. The second-order valence-corrected chi connectivity index (χ2v) is 5.83. The summed E-state index contributed by atoms with van der Waals surface area (Å²) < 4.78 is 12.9. The van der Waals surface area contributed by atoms with E-state index in [1.165, 1.54) is 23.5 Å². The number of benzene rings is 2. The maximum Gasteiger partial charge on any atom is 0.195 e. The Morgan fingerprint density at radius 1 is 1.09 bits per heavy atom. The summed E-state index contributed by atoms with van der Waals surface area (Å²) in [4.78, 5) is 17.2. The van der Waals surface area contributed by atoms with Crippen LogP contribution in [-0.2, 0) is 6.42 Å². The van der Waals surface area contributed by atoms with Gasteiger partial charge in [-0.3, -0.25) is 4.79 Å². The Hall–Kier alpha value is -2.53. The molecule has 0 saturated heterocycles. The van der Waals surface area contributed by atoms with Crippen molar-refractivity contribution in [3.63, 3.8) is 0 Å². The molecule has 0 bridgehead atoms. The first-order valence-electron chi connectivity index (χ1n) is 6.65. The Labute approximate surface area is 130 Å². The third-order valence-electron chi connectivity index (χ3n) is 3.17. The molecule has 110 valence electrons. The molecule has 1 N–H and O–H groups in total. The Kier molecular flexibility index (Phi) is 3.98. The van der Waals surface area contributed by atoms with E-state index in [9.17, 15) is 14.3 Å². The summed E-state index contributed by atoms with van der Waals surface area (Å²) in [6.45, 7) is 0. The summed E-state index contributed by atoms with van der Waals surface area (Å²) in [6.07, 6.45) is 1.84. The first-order valence-corrected chi connectivity index (χ1v) is 7.46. The summed E-state index contributed by atoms with van der Waals surface area (Å²) in [5.41, 5.74) is 1.66. The van der Waals surface area contributed by atoms with Crippen LogP contribution in [0.25, 0.3) is 10.4 Å². The molecule has 3 nitrogen and oxygen atoms in total. The van der Waals surface area contributed by atoms with Crippen molar-refractivity contribution >= 4 is 17.1 Å². The highest BCUT2D eigenvalue weighted by Crippen LogP contribution is 2.28. The van der Waals surface area contributed by atoms with E-state index in [4.69, 9.17) is 0 Å². The zero-order valence-electron chi connectivity index (χ0n) is 11.5. The van der Waals surface area contributed by atoms with E-state index < -0.39 is 0 Å². The van der Waals surface area contributed by atoms with Crippen LogP contribution in [0.5, 0.6) is 5.75 Å². The van der Waals surface area contributed by atoms with Crippen molar-refractivity contribution in [2.75, 3.05) is 0 Å². The maximum atomic E-state index is 12.9. The van der Waals surface area contributed by atoms with Crippen molar-refractivity contribution < 1.29 is 14.3 Å². The monoisotopic (exact) mass is 313 g/mol. The number of nitrogens with zero attached hydrogens (tertiary/aromatic N) is 1. The van der Waals surface area contributed by atoms with Gasteiger partial charge in [0.25, 0.3) is 0 Å². The lowest BCUT2D eigenvalue weighted by molar-refractivity contribution is 0.0992. The van der Waals surface area contributed by atoms with Crippen molar-refractivity contribution in [3.05, 3.63) is 71.1 Å². The number of Topliss-reactive ketones (excluding diaryl/α,β-unsaturated/α-hetero) is 1. The summed E-state index contributed by atoms with van der Waals surface area (Å²) in [7, 11) is 0. The number of phenolic OH excluding ortho intramolecular Hbond substituents is 1. The number of halogens is 1. The molecule has 0 radical (unpaired) electrons. The highest BCUT2D eigenvalue weighted by atomic mass is 32.1. The van der Waals surface area contributed by atoms with Crippen LogP contribution >= 0.6 is 11.3 Å². The van der Waals surface area contributed by atoms with Crippen LogP contribution in [0.2, 0.25) is 0 Å². The number of aromatic hydroxyl groups is 1. The number of hydrogen-bond donors (Lipinski definition) is 1. The van der Waals surface area contributed by atoms with Crippen molar-refractivity contribution in [2.24, 2.45) is 0 Å². The van der Waals surface area contributed by atoms with Gasteiger partial charge in [0.2, 0.25) is 0 Å². The predicted octanol–water partition coefficient (Wildman–Crippen LogP) is 4.08. The highest BCUT2D eigenvalue weighted by molar-refractivity contribution is 7.17. The van der Waals surface area contributed by atoms with Crippen LogP contribution < -0.4 is 0 Å². The fourth-order valence-electron chi connectivity index (χ4n) is 2.03. The van der Waals surface area contributed by atoms with Crippen molar-refractivity contribution in [2.45, 2.75) is 6.42 Å². The van der Waals surface area contributed by atoms with E-state index in [0.717, 1.165) is 16.0 Å². The van der Waals surface area contributed by atoms with Gasteiger partial charge in [0.15, 0.2) is 10.8 Å². The van der Waals surface area contributed by atoms with Crippen molar-refractivity contribution in [1.29, 1.82) is 0 Å². The minimum Gasteiger partial charge on any atom is -0.508 e. The summed E-state index contributed by atoms with van der Waals surface area (Å²) >= 11 is 1.31. The van der Waals surface area contributed by atoms with Gasteiger partial charge in [-0.25, -0.2) is 9.37 Å². The Balaban J connectivity index is 1.76. The molecule has 0 fully saturated rings. The maximum absolute atomic E-state index is 12.9. The number of phenols is 1. The predicted molar refractivity (Wildman–Crippen MR) is 83.6 cm³/mol. The molecule has 0 atom stereocenters. The van der Waals surface area contributed by atoms with E-state index in [0.29, 0.717) is 5.01 Å². The fourth-order valence-corrected chi connectivity index (χ4v) is 2.88. The quantitative estimate of drug-likeness (QED) is 0.738. The first kappa shape index (κ1) is 14.4. The number of ketones is 1. The Morgan fingerprint density at radius 2 is 1.77 bits per heavy atom.